The lowest BCUT2D eigenvalue weighted by atomic mass is 10.2. The predicted octanol–water partition coefficient (Wildman–Crippen LogP) is 3.16. The summed E-state index contributed by atoms with van der Waals surface area (Å²) in [5.74, 6) is 0. The van der Waals surface area contributed by atoms with Crippen LogP contribution in [0.3, 0.4) is 0 Å². The summed E-state index contributed by atoms with van der Waals surface area (Å²) in [7, 11) is 0. The van der Waals surface area contributed by atoms with Crippen molar-refractivity contribution in [3.05, 3.63) is 46.2 Å². The van der Waals surface area contributed by atoms with Crippen LogP contribution in [-0.4, -0.2) is 9.97 Å². The van der Waals surface area contributed by atoms with Gasteiger partial charge in [-0.2, -0.15) is 0 Å². The molecule has 0 unspecified atom stereocenters. The van der Waals surface area contributed by atoms with Crippen LogP contribution in [0.1, 0.15) is 11.3 Å². The number of benzene rings is 1. The Labute approximate surface area is 113 Å². The van der Waals surface area contributed by atoms with Gasteiger partial charge in [-0.15, -0.1) is 0 Å². The number of aryl methyl sites for hydroxylation is 1. The van der Waals surface area contributed by atoms with Crippen molar-refractivity contribution in [2.75, 3.05) is 0 Å². The van der Waals surface area contributed by atoms with Crippen LogP contribution in [0.5, 0.6) is 0 Å². The van der Waals surface area contributed by atoms with E-state index in [9.17, 15) is 0 Å². The maximum Gasteiger partial charge on any atom is 0.192 e. The van der Waals surface area contributed by atoms with Gasteiger partial charge >= 0.3 is 0 Å². The third-order valence-corrected chi connectivity index (χ3v) is 3.98. The molecule has 2 aromatic rings. The Bertz CT molecular complexity index is 531. The summed E-state index contributed by atoms with van der Waals surface area (Å²) in [4.78, 5) is 9.70. The highest BCUT2D eigenvalue weighted by Gasteiger charge is 2.08. The molecule has 1 aromatic heterocycles. The van der Waals surface area contributed by atoms with Crippen LogP contribution in [-0.2, 0) is 6.54 Å². The molecule has 5 heteroatoms. The molecule has 0 aliphatic carbocycles. The summed E-state index contributed by atoms with van der Waals surface area (Å²) in [6.07, 6.45) is 1.77. The number of aromatic nitrogens is 2. The number of halogens is 1. The molecule has 0 amide bonds. The van der Waals surface area contributed by atoms with E-state index in [1.54, 1.807) is 6.20 Å². The average molecular weight is 310 g/mol. The second-order valence-corrected chi connectivity index (χ2v) is 5.37. The maximum absolute atomic E-state index is 5.75. The first-order chi connectivity index (χ1) is 8.20. The minimum Gasteiger partial charge on any atom is -0.326 e. The van der Waals surface area contributed by atoms with E-state index in [0.29, 0.717) is 6.54 Å². The zero-order valence-electron chi connectivity index (χ0n) is 9.35. The Morgan fingerprint density at radius 3 is 2.88 bits per heavy atom. The van der Waals surface area contributed by atoms with Crippen LogP contribution in [0, 0.1) is 6.92 Å². The van der Waals surface area contributed by atoms with E-state index in [1.807, 2.05) is 31.2 Å². The van der Waals surface area contributed by atoms with Crippen molar-refractivity contribution >= 4 is 27.7 Å². The zero-order valence-corrected chi connectivity index (χ0v) is 11.8. The van der Waals surface area contributed by atoms with Crippen molar-refractivity contribution in [1.82, 2.24) is 9.97 Å². The number of hydrogen-bond donors (Lipinski definition) is 1. The Morgan fingerprint density at radius 1 is 1.35 bits per heavy atom. The van der Waals surface area contributed by atoms with Crippen molar-refractivity contribution in [3.8, 4) is 0 Å². The Balaban J connectivity index is 2.33. The smallest absolute Gasteiger partial charge is 0.192 e. The fourth-order valence-electron chi connectivity index (χ4n) is 1.41. The van der Waals surface area contributed by atoms with E-state index in [0.717, 1.165) is 25.8 Å². The quantitative estimate of drug-likeness (QED) is 0.885. The summed E-state index contributed by atoms with van der Waals surface area (Å²) in [6.45, 7) is 2.45. The van der Waals surface area contributed by atoms with E-state index in [2.05, 4.69) is 25.9 Å². The standard InChI is InChI=1S/C12H12BrN3S/c1-8-5-6-15-12(16-8)17-11-4-2-3-10(13)9(11)7-14/h2-6H,7,14H2,1H3. The highest BCUT2D eigenvalue weighted by atomic mass is 79.9. The van der Waals surface area contributed by atoms with Crippen molar-refractivity contribution in [1.29, 1.82) is 0 Å². The van der Waals surface area contributed by atoms with Gasteiger partial charge < -0.3 is 5.73 Å². The van der Waals surface area contributed by atoms with Gasteiger partial charge in [-0.3, -0.25) is 0 Å². The van der Waals surface area contributed by atoms with E-state index in [1.165, 1.54) is 11.8 Å². The van der Waals surface area contributed by atoms with Crippen LogP contribution in [0.15, 0.2) is 45.0 Å². The number of nitrogens with zero attached hydrogens (tertiary/aromatic N) is 2. The molecule has 0 fully saturated rings. The van der Waals surface area contributed by atoms with Crippen LogP contribution in [0.4, 0.5) is 0 Å². The Kier molecular flexibility index (Phi) is 4.15. The van der Waals surface area contributed by atoms with E-state index < -0.39 is 0 Å². The second-order valence-electron chi connectivity index (χ2n) is 3.50. The fraction of sp³-hybridized carbons (Fsp3) is 0.167. The molecule has 0 saturated carbocycles. The lowest BCUT2D eigenvalue weighted by molar-refractivity contribution is 0.928. The third-order valence-electron chi connectivity index (χ3n) is 2.25. The van der Waals surface area contributed by atoms with Crippen LogP contribution in [0.2, 0.25) is 0 Å². The Morgan fingerprint density at radius 2 is 2.18 bits per heavy atom. The molecule has 0 radical (unpaired) electrons. The predicted molar refractivity (Wildman–Crippen MR) is 72.9 cm³/mol. The van der Waals surface area contributed by atoms with E-state index >= 15 is 0 Å². The minimum atomic E-state index is 0.496. The first kappa shape index (κ1) is 12.5. The van der Waals surface area contributed by atoms with Gasteiger partial charge in [0.1, 0.15) is 0 Å². The monoisotopic (exact) mass is 309 g/mol. The number of hydrogen-bond acceptors (Lipinski definition) is 4. The van der Waals surface area contributed by atoms with Crippen molar-refractivity contribution in [2.24, 2.45) is 5.73 Å². The molecule has 0 spiro atoms. The number of rotatable bonds is 3. The summed E-state index contributed by atoms with van der Waals surface area (Å²) in [5, 5.41) is 0.748. The molecule has 0 bridgehead atoms. The van der Waals surface area contributed by atoms with Gasteiger partial charge in [-0.1, -0.05) is 22.0 Å². The maximum atomic E-state index is 5.75. The van der Waals surface area contributed by atoms with Crippen molar-refractivity contribution in [2.45, 2.75) is 23.5 Å². The lowest BCUT2D eigenvalue weighted by Crippen LogP contribution is -2.00. The molecule has 0 atom stereocenters. The highest BCUT2D eigenvalue weighted by Crippen LogP contribution is 2.31. The molecular weight excluding hydrogens is 298 g/mol. The van der Waals surface area contributed by atoms with Gasteiger partial charge in [-0.05, 0) is 42.4 Å². The molecule has 2 rings (SSSR count). The molecule has 1 heterocycles. The van der Waals surface area contributed by atoms with Gasteiger partial charge in [0.05, 0.1) is 0 Å². The number of nitrogens with two attached hydrogens (primary N) is 1. The van der Waals surface area contributed by atoms with Gasteiger partial charge in [0.2, 0.25) is 0 Å². The van der Waals surface area contributed by atoms with Gasteiger partial charge in [0, 0.05) is 27.8 Å². The molecule has 0 aliphatic heterocycles. The molecule has 2 N–H and O–H groups in total. The van der Waals surface area contributed by atoms with Gasteiger partial charge in [-0.25, -0.2) is 9.97 Å². The summed E-state index contributed by atoms with van der Waals surface area (Å²) >= 11 is 5.04. The normalized spacial score (nSPS) is 10.5. The highest BCUT2D eigenvalue weighted by molar-refractivity contribution is 9.10. The lowest BCUT2D eigenvalue weighted by Gasteiger charge is -2.08. The van der Waals surface area contributed by atoms with Crippen molar-refractivity contribution < 1.29 is 0 Å². The second kappa shape index (κ2) is 5.62. The summed E-state index contributed by atoms with van der Waals surface area (Å²) in [5.41, 5.74) is 7.80. The summed E-state index contributed by atoms with van der Waals surface area (Å²) in [6, 6.07) is 7.89. The first-order valence-electron chi connectivity index (χ1n) is 5.15. The van der Waals surface area contributed by atoms with Crippen LogP contribution >= 0.6 is 27.7 Å². The van der Waals surface area contributed by atoms with Crippen molar-refractivity contribution in [3.63, 3.8) is 0 Å². The fourth-order valence-corrected chi connectivity index (χ4v) is 3.03. The Hall–Kier alpha value is -0.910. The zero-order chi connectivity index (χ0) is 12.3. The molecule has 0 saturated heterocycles. The van der Waals surface area contributed by atoms with E-state index in [4.69, 9.17) is 5.73 Å². The molecule has 88 valence electrons. The average Bonchev–Trinajstić information content (AvgIpc) is 2.29. The topological polar surface area (TPSA) is 51.8 Å². The van der Waals surface area contributed by atoms with Crippen LogP contribution in [0.25, 0.3) is 0 Å². The van der Waals surface area contributed by atoms with Gasteiger partial charge in [0.25, 0.3) is 0 Å². The molecule has 3 nitrogen and oxygen atoms in total. The van der Waals surface area contributed by atoms with Gasteiger partial charge in [0.15, 0.2) is 5.16 Å². The minimum absolute atomic E-state index is 0.496. The molecule has 1 aromatic carbocycles. The largest absolute Gasteiger partial charge is 0.326 e. The molecular formula is C12H12BrN3S. The first-order valence-corrected chi connectivity index (χ1v) is 6.76. The van der Waals surface area contributed by atoms with E-state index in [-0.39, 0.29) is 0 Å². The SMILES string of the molecule is Cc1ccnc(Sc2cccc(Br)c2CN)n1. The molecule has 0 aliphatic rings. The third kappa shape index (κ3) is 3.06. The summed E-state index contributed by atoms with van der Waals surface area (Å²) < 4.78 is 1.03. The molecule has 17 heavy (non-hydrogen) atoms. The van der Waals surface area contributed by atoms with Crippen LogP contribution < -0.4 is 5.73 Å².